The van der Waals surface area contributed by atoms with Crippen LogP contribution >= 0.6 is 0 Å². The molecule has 0 fully saturated rings. The molecule has 0 spiro atoms. The third kappa shape index (κ3) is 7.34. The molecule has 5 atom stereocenters. The van der Waals surface area contributed by atoms with E-state index in [4.69, 9.17) is 25.4 Å². The number of nitrogens with two attached hydrogens (primary N) is 2. The van der Waals surface area contributed by atoms with Crippen molar-refractivity contribution in [3.05, 3.63) is 122 Å². The van der Waals surface area contributed by atoms with Crippen molar-refractivity contribution in [3.8, 4) is 17.2 Å². The Morgan fingerprint density at radius 3 is 2.62 bits per heavy atom. The molecule has 2 aromatic carbocycles. The van der Waals surface area contributed by atoms with Gasteiger partial charge >= 0.3 is 5.97 Å². The van der Waals surface area contributed by atoms with Crippen LogP contribution in [-0.4, -0.2) is 67.8 Å². The summed E-state index contributed by atoms with van der Waals surface area (Å²) in [4.78, 5) is 36.9. The van der Waals surface area contributed by atoms with Gasteiger partial charge in [-0.05, 0) is 86.2 Å². The minimum absolute atomic E-state index is 0.0277. The molecule has 9 N–H and O–H groups in total. The van der Waals surface area contributed by atoms with Crippen LogP contribution in [0, 0.1) is 5.92 Å². The normalized spacial score (nSPS) is 20.8. The van der Waals surface area contributed by atoms with Gasteiger partial charge in [0.2, 0.25) is 0 Å². The van der Waals surface area contributed by atoms with Crippen molar-refractivity contribution in [2.75, 3.05) is 31.2 Å². The number of rotatable bonds is 11. The number of allylic oxidation sites excluding steroid dienone is 1. The Bertz CT molecular complexity index is 2430. The van der Waals surface area contributed by atoms with Crippen LogP contribution < -0.4 is 26.9 Å². The Hall–Kier alpha value is -5.96. The molecule has 14 nitrogen and oxygen atoms in total. The SMILES string of the molecule is CC=C(CNCC)C(=O)OC1Cc2c3c(c4oc(CO)cc(=O)c4c2O)C(C(CO)c2cccc(O)c2)c2ccnc(N)c2CCC(Cc2ccc(N)nc2)C1(C)O3. The molecule has 2 aliphatic rings. The average Bonchev–Trinajstić information content (AvgIpc) is 3.20. The molecule has 2 bridgehead atoms. The Morgan fingerprint density at radius 1 is 1.12 bits per heavy atom. The van der Waals surface area contributed by atoms with Gasteiger partial charge in [-0.2, -0.15) is 0 Å². The summed E-state index contributed by atoms with van der Waals surface area (Å²) < 4.78 is 20.1. The van der Waals surface area contributed by atoms with E-state index >= 15 is 0 Å². The molecule has 0 aliphatic carbocycles. The number of pyridine rings is 2. The van der Waals surface area contributed by atoms with Gasteiger partial charge in [0.1, 0.15) is 63.9 Å². The van der Waals surface area contributed by atoms with Crippen molar-refractivity contribution in [2.45, 2.75) is 76.6 Å². The van der Waals surface area contributed by atoms with E-state index in [9.17, 15) is 30.0 Å². The zero-order valence-electron chi connectivity index (χ0n) is 32.7. The number of nitrogens with one attached hydrogen (secondary N) is 1. The molecule has 5 heterocycles. The number of phenolic OH excluding ortho intramolecular Hbond substituents is 2. The number of fused-ring (bicyclic) bond motifs is 4. The third-order valence-corrected chi connectivity index (χ3v) is 11.8. The fourth-order valence-corrected chi connectivity index (χ4v) is 8.65. The lowest BCUT2D eigenvalue weighted by Gasteiger charge is -2.48. The molecule has 3 aromatic heterocycles. The van der Waals surface area contributed by atoms with Crippen LogP contribution in [0.2, 0.25) is 0 Å². The molecule has 2 aliphatic heterocycles. The number of carbonyl (C=O) groups excluding carboxylic acids is 1. The number of hydrogen-bond donors (Lipinski definition) is 7. The highest BCUT2D eigenvalue weighted by Gasteiger charge is 2.52. The van der Waals surface area contributed by atoms with Crippen molar-refractivity contribution in [1.82, 2.24) is 15.3 Å². The molecule has 5 aromatic rings. The third-order valence-electron chi connectivity index (χ3n) is 11.8. The first-order valence-electron chi connectivity index (χ1n) is 19.5. The Labute approximate surface area is 335 Å². The van der Waals surface area contributed by atoms with Crippen LogP contribution in [0.3, 0.4) is 0 Å². The molecule has 5 unspecified atom stereocenters. The summed E-state index contributed by atoms with van der Waals surface area (Å²) in [5.74, 6) is -2.41. The fourth-order valence-electron chi connectivity index (χ4n) is 8.65. The molecule has 0 saturated heterocycles. The predicted molar refractivity (Wildman–Crippen MR) is 218 cm³/mol. The number of aromatic nitrogens is 2. The van der Waals surface area contributed by atoms with Crippen LogP contribution in [0.4, 0.5) is 11.6 Å². The molecule has 14 heteroatoms. The van der Waals surface area contributed by atoms with Crippen LogP contribution in [0.1, 0.15) is 78.2 Å². The highest BCUT2D eigenvalue weighted by atomic mass is 16.6. The van der Waals surface area contributed by atoms with Gasteiger partial charge < -0.3 is 51.1 Å². The molecule has 304 valence electrons. The van der Waals surface area contributed by atoms with Crippen LogP contribution in [0.25, 0.3) is 11.0 Å². The van der Waals surface area contributed by atoms with E-state index < -0.39 is 59.8 Å². The highest BCUT2D eigenvalue weighted by molar-refractivity contribution is 5.92. The Balaban J connectivity index is 1.57. The summed E-state index contributed by atoms with van der Waals surface area (Å²) in [6, 6.07) is 13.0. The molecule has 0 amide bonds. The van der Waals surface area contributed by atoms with Gasteiger partial charge in [-0.1, -0.05) is 31.2 Å². The first-order valence-corrected chi connectivity index (χ1v) is 19.5. The molecule has 0 radical (unpaired) electrons. The lowest BCUT2D eigenvalue weighted by atomic mass is 9.69. The molecule has 7 rings (SSSR count). The highest BCUT2D eigenvalue weighted by Crippen LogP contribution is 2.56. The second kappa shape index (κ2) is 16.5. The maximum Gasteiger partial charge on any atom is 0.335 e. The maximum absolute atomic E-state index is 14.0. The number of carbonyl (C=O) groups is 1. The zero-order chi connectivity index (χ0) is 41.3. The lowest BCUT2D eigenvalue weighted by molar-refractivity contribution is -0.165. The number of phenols is 2. The zero-order valence-corrected chi connectivity index (χ0v) is 32.7. The maximum atomic E-state index is 14.0. The van der Waals surface area contributed by atoms with Gasteiger partial charge in [0.05, 0.1) is 6.61 Å². The van der Waals surface area contributed by atoms with Gasteiger partial charge in [0.25, 0.3) is 0 Å². The number of nitrogen functional groups attached to an aromatic ring is 2. The second-order valence-corrected chi connectivity index (χ2v) is 15.1. The summed E-state index contributed by atoms with van der Waals surface area (Å²) in [6.45, 7) is 5.39. The van der Waals surface area contributed by atoms with E-state index in [1.165, 1.54) is 6.07 Å². The number of aliphatic hydroxyl groups is 2. The van der Waals surface area contributed by atoms with Crippen LogP contribution in [0.15, 0.2) is 81.8 Å². The molecule has 58 heavy (non-hydrogen) atoms. The van der Waals surface area contributed by atoms with Gasteiger partial charge in [0, 0.05) is 65.9 Å². The second-order valence-electron chi connectivity index (χ2n) is 15.1. The van der Waals surface area contributed by atoms with E-state index in [0.717, 1.165) is 11.6 Å². The van der Waals surface area contributed by atoms with Gasteiger partial charge in [-0.3, -0.25) is 4.79 Å². The van der Waals surface area contributed by atoms with Gasteiger partial charge in [0.15, 0.2) is 5.43 Å². The van der Waals surface area contributed by atoms with Crippen molar-refractivity contribution in [3.63, 3.8) is 0 Å². The predicted octanol–water partition coefficient (Wildman–Crippen LogP) is 4.53. The molecular weight excluding hydrogens is 743 g/mol. The van der Waals surface area contributed by atoms with Crippen molar-refractivity contribution < 1.29 is 39.1 Å². The van der Waals surface area contributed by atoms with Crippen molar-refractivity contribution >= 4 is 28.6 Å². The van der Waals surface area contributed by atoms with Crippen molar-refractivity contribution in [1.29, 1.82) is 0 Å². The van der Waals surface area contributed by atoms with Gasteiger partial charge in [-0.25, -0.2) is 14.8 Å². The number of aromatic hydroxyl groups is 2. The van der Waals surface area contributed by atoms with E-state index in [0.29, 0.717) is 59.5 Å². The quantitative estimate of drug-likeness (QED) is 0.0720. The molecule has 0 saturated carbocycles. The number of anilines is 2. The number of esters is 1. The standard InChI is InChI=1S/C44H49N5O9/c1-4-24(20-47-5-2)43(55)57-34-18-31-39(54)37-33(53)17-28(21-50)56-41(37)38-36(32(22-51)25-7-6-8-27(52)16-25)29-13-14-48-42(46)30(29)11-10-26(44(34,3)58-40(31)38)15-23-9-12-35(45)49-19-23/h4,6-9,12-14,16-17,19,26,32,34,36,47,50-52,54H,5,10-11,15,18,20-22H2,1-3H3,(H2,45,49)(H2,46,48). The molecular formula is C44H49N5O9. The number of benzene rings is 2. The average molecular weight is 792 g/mol. The minimum Gasteiger partial charge on any atom is -0.508 e. The number of likely N-dealkylation sites (N-methyl/N-ethyl adjacent to an activating group) is 1. The summed E-state index contributed by atoms with van der Waals surface area (Å²) in [5, 5.41) is 47.5. The number of ether oxygens (including phenoxy) is 2. The number of hydrogen-bond acceptors (Lipinski definition) is 14. The Morgan fingerprint density at radius 2 is 1.93 bits per heavy atom. The lowest BCUT2D eigenvalue weighted by Crippen LogP contribution is -2.57. The number of nitrogens with zero attached hydrogens (tertiary/aromatic N) is 2. The van der Waals surface area contributed by atoms with Crippen LogP contribution in [0.5, 0.6) is 17.2 Å². The smallest absolute Gasteiger partial charge is 0.335 e. The van der Waals surface area contributed by atoms with Crippen LogP contribution in [-0.2, 0) is 35.4 Å². The van der Waals surface area contributed by atoms with E-state index in [1.807, 2.05) is 19.9 Å². The van der Waals surface area contributed by atoms with Crippen molar-refractivity contribution in [2.24, 2.45) is 5.92 Å². The summed E-state index contributed by atoms with van der Waals surface area (Å²) in [7, 11) is 0. The first-order chi connectivity index (χ1) is 27.9. The van der Waals surface area contributed by atoms with E-state index in [2.05, 4.69) is 15.3 Å². The van der Waals surface area contributed by atoms with E-state index in [-0.39, 0.29) is 52.6 Å². The monoisotopic (exact) mass is 791 g/mol. The topological polar surface area (TPSA) is 237 Å². The first kappa shape index (κ1) is 40.2. The number of aliphatic hydroxyl groups excluding tert-OH is 2. The Kier molecular flexibility index (Phi) is 11.4. The minimum atomic E-state index is -1.32. The summed E-state index contributed by atoms with van der Waals surface area (Å²) >= 11 is 0. The fraction of sp³-hybridized carbons (Fsp3) is 0.364. The summed E-state index contributed by atoms with van der Waals surface area (Å²) in [5.41, 5.74) is 14.4. The largest absolute Gasteiger partial charge is 0.508 e. The summed E-state index contributed by atoms with van der Waals surface area (Å²) in [6.07, 6.45) is 5.11. The van der Waals surface area contributed by atoms with Gasteiger partial charge in [-0.15, -0.1) is 0 Å². The van der Waals surface area contributed by atoms with E-state index in [1.54, 1.807) is 55.7 Å².